The van der Waals surface area contributed by atoms with Gasteiger partial charge in [0.25, 0.3) is 0 Å². The largest absolute Gasteiger partial charge is 0.390 e. The maximum atomic E-state index is 9.83. The topological polar surface area (TPSA) is 29.5 Å². The Hall–Kier alpha value is -0.860. The van der Waals surface area contributed by atoms with E-state index in [0.29, 0.717) is 19.6 Å². The van der Waals surface area contributed by atoms with Gasteiger partial charge < -0.3 is 9.84 Å². The zero-order valence-electron chi connectivity index (χ0n) is 10.7. The molecule has 0 amide bonds. The predicted molar refractivity (Wildman–Crippen MR) is 66.9 cm³/mol. The van der Waals surface area contributed by atoms with E-state index >= 15 is 0 Å². The molecule has 0 saturated carbocycles. The molecule has 0 fully saturated rings. The summed E-state index contributed by atoms with van der Waals surface area (Å²) in [6.07, 6.45) is 0.276. The van der Waals surface area contributed by atoms with Gasteiger partial charge >= 0.3 is 0 Å². The zero-order valence-corrected chi connectivity index (χ0v) is 10.7. The Balaban J connectivity index is 2.73. The number of aliphatic hydroxyl groups is 1. The summed E-state index contributed by atoms with van der Waals surface area (Å²) < 4.78 is 5.22. The van der Waals surface area contributed by atoms with Gasteiger partial charge in [-0.15, -0.1) is 0 Å². The second kappa shape index (κ2) is 6.02. The molecule has 0 bridgehead atoms. The van der Waals surface area contributed by atoms with Crippen molar-refractivity contribution >= 4 is 0 Å². The molecule has 2 heteroatoms. The molecule has 1 atom stereocenters. The smallest absolute Gasteiger partial charge is 0.0814 e. The lowest BCUT2D eigenvalue weighted by molar-refractivity contribution is 0.0428. The van der Waals surface area contributed by atoms with Gasteiger partial charge in [-0.1, -0.05) is 17.7 Å². The lowest BCUT2D eigenvalue weighted by Crippen LogP contribution is -2.19. The number of ether oxygens (including phenoxy) is 1. The van der Waals surface area contributed by atoms with Crippen LogP contribution in [0.4, 0.5) is 0 Å². The second-order valence-electron chi connectivity index (χ2n) is 4.39. The van der Waals surface area contributed by atoms with Crippen LogP contribution < -0.4 is 0 Å². The number of hydrogen-bond acceptors (Lipinski definition) is 2. The van der Waals surface area contributed by atoms with Gasteiger partial charge in [0.05, 0.1) is 12.7 Å². The van der Waals surface area contributed by atoms with Crippen molar-refractivity contribution in [1.29, 1.82) is 0 Å². The van der Waals surface area contributed by atoms with E-state index in [4.69, 9.17) is 4.74 Å². The summed E-state index contributed by atoms with van der Waals surface area (Å²) in [7, 11) is 0. The van der Waals surface area contributed by atoms with Crippen molar-refractivity contribution in [3.8, 4) is 0 Å². The van der Waals surface area contributed by atoms with Crippen LogP contribution in [0.1, 0.15) is 29.2 Å². The second-order valence-corrected chi connectivity index (χ2v) is 4.39. The molecular formula is C14H22O2. The first kappa shape index (κ1) is 13.2. The Kier molecular flexibility index (Phi) is 4.97. The molecular weight excluding hydrogens is 200 g/mol. The van der Waals surface area contributed by atoms with Gasteiger partial charge in [0.15, 0.2) is 0 Å². The van der Waals surface area contributed by atoms with Gasteiger partial charge in [-0.05, 0) is 44.4 Å². The monoisotopic (exact) mass is 222 g/mol. The average Bonchev–Trinajstić information content (AvgIpc) is 2.20. The highest BCUT2D eigenvalue weighted by Gasteiger charge is 2.10. The van der Waals surface area contributed by atoms with Crippen molar-refractivity contribution in [2.45, 2.75) is 40.2 Å². The molecule has 0 spiro atoms. The van der Waals surface area contributed by atoms with Crippen molar-refractivity contribution in [1.82, 2.24) is 0 Å². The van der Waals surface area contributed by atoms with Gasteiger partial charge in [0.1, 0.15) is 0 Å². The van der Waals surface area contributed by atoms with E-state index < -0.39 is 6.10 Å². The van der Waals surface area contributed by atoms with Crippen molar-refractivity contribution in [3.63, 3.8) is 0 Å². The molecule has 1 N–H and O–H groups in total. The van der Waals surface area contributed by atoms with Gasteiger partial charge in [0.2, 0.25) is 0 Å². The van der Waals surface area contributed by atoms with Crippen LogP contribution in [0.3, 0.4) is 0 Å². The standard InChI is InChI=1S/C14H22O2/c1-5-16-9-13(15)8-14-11(3)6-10(2)7-12(14)4/h6-7,13,15H,5,8-9H2,1-4H3. The maximum Gasteiger partial charge on any atom is 0.0814 e. The van der Waals surface area contributed by atoms with Gasteiger partial charge in [0, 0.05) is 13.0 Å². The van der Waals surface area contributed by atoms with Crippen LogP contribution in [-0.4, -0.2) is 24.4 Å². The van der Waals surface area contributed by atoms with Crippen molar-refractivity contribution in [2.24, 2.45) is 0 Å². The average molecular weight is 222 g/mol. The fraction of sp³-hybridized carbons (Fsp3) is 0.571. The molecule has 0 aliphatic heterocycles. The van der Waals surface area contributed by atoms with E-state index in [-0.39, 0.29) is 0 Å². The molecule has 0 saturated heterocycles. The summed E-state index contributed by atoms with van der Waals surface area (Å²) in [5.41, 5.74) is 5.04. The summed E-state index contributed by atoms with van der Waals surface area (Å²) >= 11 is 0. The Morgan fingerprint density at radius 3 is 2.25 bits per heavy atom. The fourth-order valence-electron chi connectivity index (χ4n) is 2.08. The summed E-state index contributed by atoms with van der Waals surface area (Å²) in [5.74, 6) is 0. The number of rotatable bonds is 5. The highest BCUT2D eigenvalue weighted by molar-refractivity contribution is 5.37. The fourth-order valence-corrected chi connectivity index (χ4v) is 2.08. The first-order chi connectivity index (χ1) is 7.54. The van der Waals surface area contributed by atoms with Crippen molar-refractivity contribution in [2.75, 3.05) is 13.2 Å². The molecule has 1 rings (SSSR count). The summed E-state index contributed by atoms with van der Waals surface area (Å²) in [6, 6.07) is 4.32. The number of aryl methyl sites for hydroxylation is 3. The minimum absolute atomic E-state index is 0.403. The molecule has 1 unspecified atom stereocenters. The summed E-state index contributed by atoms with van der Waals surface area (Å²) in [4.78, 5) is 0. The maximum absolute atomic E-state index is 9.83. The summed E-state index contributed by atoms with van der Waals surface area (Å²) in [5, 5.41) is 9.83. The molecule has 2 nitrogen and oxygen atoms in total. The normalized spacial score (nSPS) is 12.8. The van der Waals surface area contributed by atoms with Gasteiger partial charge in [-0.25, -0.2) is 0 Å². The molecule has 1 aromatic carbocycles. The van der Waals surface area contributed by atoms with Crippen LogP contribution in [0.15, 0.2) is 12.1 Å². The minimum Gasteiger partial charge on any atom is -0.390 e. The Bertz CT molecular complexity index is 322. The SMILES string of the molecule is CCOCC(O)Cc1c(C)cc(C)cc1C. The zero-order chi connectivity index (χ0) is 12.1. The minimum atomic E-state index is -0.403. The highest BCUT2D eigenvalue weighted by Crippen LogP contribution is 2.18. The van der Waals surface area contributed by atoms with E-state index in [1.165, 1.54) is 22.3 Å². The Labute approximate surface area is 98.3 Å². The lowest BCUT2D eigenvalue weighted by atomic mass is 9.95. The Morgan fingerprint density at radius 1 is 1.19 bits per heavy atom. The Morgan fingerprint density at radius 2 is 1.75 bits per heavy atom. The van der Waals surface area contributed by atoms with Crippen LogP contribution >= 0.6 is 0 Å². The third-order valence-electron chi connectivity index (χ3n) is 2.79. The first-order valence-electron chi connectivity index (χ1n) is 5.87. The highest BCUT2D eigenvalue weighted by atomic mass is 16.5. The molecule has 0 aliphatic rings. The quantitative estimate of drug-likeness (QED) is 0.829. The lowest BCUT2D eigenvalue weighted by Gasteiger charge is -2.15. The molecule has 90 valence electrons. The van der Waals surface area contributed by atoms with Gasteiger partial charge in [-0.2, -0.15) is 0 Å². The van der Waals surface area contributed by atoms with E-state index in [9.17, 15) is 5.11 Å². The molecule has 16 heavy (non-hydrogen) atoms. The van der Waals surface area contributed by atoms with Gasteiger partial charge in [-0.3, -0.25) is 0 Å². The van der Waals surface area contributed by atoms with Crippen LogP contribution in [0, 0.1) is 20.8 Å². The number of hydrogen-bond donors (Lipinski definition) is 1. The molecule has 1 aromatic rings. The van der Waals surface area contributed by atoms with Crippen molar-refractivity contribution in [3.05, 3.63) is 34.4 Å². The van der Waals surface area contributed by atoms with E-state index in [1.54, 1.807) is 0 Å². The number of benzene rings is 1. The van der Waals surface area contributed by atoms with Crippen LogP contribution in [0.2, 0.25) is 0 Å². The molecule has 0 aliphatic carbocycles. The summed E-state index contributed by atoms with van der Waals surface area (Å²) in [6.45, 7) is 9.31. The third kappa shape index (κ3) is 3.62. The predicted octanol–water partition coefficient (Wildman–Crippen LogP) is 2.55. The van der Waals surface area contributed by atoms with E-state index in [2.05, 4.69) is 32.9 Å². The van der Waals surface area contributed by atoms with E-state index in [1.807, 2.05) is 6.92 Å². The van der Waals surface area contributed by atoms with Crippen LogP contribution in [0.5, 0.6) is 0 Å². The first-order valence-corrected chi connectivity index (χ1v) is 5.87. The van der Waals surface area contributed by atoms with Crippen LogP contribution in [-0.2, 0) is 11.2 Å². The van der Waals surface area contributed by atoms with E-state index in [0.717, 1.165) is 0 Å². The number of aliphatic hydroxyl groups excluding tert-OH is 1. The van der Waals surface area contributed by atoms with Crippen LogP contribution in [0.25, 0.3) is 0 Å². The molecule has 0 radical (unpaired) electrons. The molecule has 0 heterocycles. The molecule has 0 aromatic heterocycles. The van der Waals surface area contributed by atoms with Crippen molar-refractivity contribution < 1.29 is 9.84 Å². The third-order valence-corrected chi connectivity index (χ3v) is 2.79.